The van der Waals surface area contributed by atoms with Gasteiger partial charge in [0.15, 0.2) is 5.78 Å². The molecule has 0 saturated heterocycles. The van der Waals surface area contributed by atoms with Crippen molar-refractivity contribution in [1.29, 1.82) is 0 Å². The molecular weight excluding hydrogens is 350 g/mol. The number of nitrogens with one attached hydrogen (secondary N) is 1. The van der Waals surface area contributed by atoms with Crippen LogP contribution in [0.3, 0.4) is 0 Å². The number of nitrogens with zero attached hydrogens (tertiary/aromatic N) is 2. The monoisotopic (exact) mass is 375 g/mol. The zero-order chi connectivity index (χ0) is 19.7. The van der Waals surface area contributed by atoms with Gasteiger partial charge in [-0.05, 0) is 18.6 Å². The molecule has 3 aromatic rings. The number of aryl methyl sites for hydroxylation is 1. The Balaban J connectivity index is 1.70. The molecule has 0 aliphatic carbocycles. The van der Waals surface area contributed by atoms with E-state index < -0.39 is 5.41 Å². The van der Waals surface area contributed by atoms with E-state index in [1.54, 1.807) is 6.33 Å². The van der Waals surface area contributed by atoms with Crippen molar-refractivity contribution in [3.05, 3.63) is 65.1 Å². The molecular formula is C23H25N3O2. The first kappa shape index (κ1) is 18.6. The minimum atomic E-state index is -0.433. The van der Waals surface area contributed by atoms with Crippen molar-refractivity contribution in [3.8, 4) is 5.75 Å². The summed E-state index contributed by atoms with van der Waals surface area (Å²) in [7, 11) is 0. The van der Waals surface area contributed by atoms with Crippen LogP contribution in [0.5, 0.6) is 5.75 Å². The van der Waals surface area contributed by atoms with E-state index in [1.807, 2.05) is 43.3 Å². The first-order valence-electron chi connectivity index (χ1n) is 9.67. The van der Waals surface area contributed by atoms with Crippen molar-refractivity contribution in [2.24, 2.45) is 0 Å². The Morgan fingerprint density at radius 3 is 2.86 bits per heavy atom. The van der Waals surface area contributed by atoms with E-state index >= 15 is 0 Å². The summed E-state index contributed by atoms with van der Waals surface area (Å²) in [6.07, 6.45) is 1.94. The number of Topliss-reactive ketones (excluding diaryl/α,β-unsaturated/α-hetero) is 1. The lowest BCUT2D eigenvalue weighted by atomic mass is 9.80. The first-order valence-corrected chi connectivity index (χ1v) is 9.67. The minimum absolute atomic E-state index is 0.0724. The Bertz CT molecular complexity index is 1040. The molecule has 0 atom stereocenters. The van der Waals surface area contributed by atoms with Gasteiger partial charge in [-0.3, -0.25) is 4.79 Å². The summed E-state index contributed by atoms with van der Waals surface area (Å²) in [6.45, 7) is 8.24. The van der Waals surface area contributed by atoms with Crippen LogP contribution in [0.25, 0.3) is 10.9 Å². The molecule has 5 nitrogen and oxygen atoms in total. The van der Waals surface area contributed by atoms with Crippen molar-refractivity contribution in [1.82, 2.24) is 15.3 Å². The molecule has 1 aliphatic rings. The van der Waals surface area contributed by atoms with Crippen molar-refractivity contribution < 1.29 is 9.53 Å². The van der Waals surface area contributed by atoms with Gasteiger partial charge in [0, 0.05) is 35.9 Å². The van der Waals surface area contributed by atoms with Crippen LogP contribution in [0, 0.1) is 6.92 Å². The summed E-state index contributed by atoms with van der Waals surface area (Å²) in [5.41, 5.74) is 4.21. The highest BCUT2D eigenvalue weighted by atomic mass is 16.5. The van der Waals surface area contributed by atoms with E-state index in [-0.39, 0.29) is 5.78 Å². The fourth-order valence-electron chi connectivity index (χ4n) is 3.92. The molecule has 0 amide bonds. The zero-order valence-corrected chi connectivity index (χ0v) is 16.6. The van der Waals surface area contributed by atoms with Crippen LogP contribution in [0.15, 0.2) is 42.7 Å². The quantitative estimate of drug-likeness (QED) is 0.699. The molecule has 0 spiro atoms. The topological polar surface area (TPSA) is 64.1 Å². The number of aromatic nitrogens is 2. The number of hydrogen-bond acceptors (Lipinski definition) is 5. The third-order valence-electron chi connectivity index (χ3n) is 5.35. The van der Waals surface area contributed by atoms with E-state index in [4.69, 9.17) is 4.74 Å². The Morgan fingerprint density at radius 2 is 2.00 bits per heavy atom. The van der Waals surface area contributed by atoms with Gasteiger partial charge in [-0.25, -0.2) is 9.97 Å². The molecule has 0 unspecified atom stereocenters. The smallest absolute Gasteiger partial charge is 0.167 e. The molecule has 0 radical (unpaired) electrons. The van der Waals surface area contributed by atoms with Gasteiger partial charge < -0.3 is 10.1 Å². The molecule has 1 aromatic heterocycles. The number of hydrogen-bond donors (Lipinski definition) is 1. The molecule has 1 N–H and O–H groups in total. The van der Waals surface area contributed by atoms with Gasteiger partial charge in [-0.2, -0.15) is 0 Å². The van der Waals surface area contributed by atoms with Crippen molar-refractivity contribution in [3.63, 3.8) is 0 Å². The van der Waals surface area contributed by atoms with Crippen molar-refractivity contribution in [2.75, 3.05) is 13.2 Å². The van der Waals surface area contributed by atoms with Crippen LogP contribution in [0.2, 0.25) is 0 Å². The Labute approximate surface area is 165 Å². The van der Waals surface area contributed by atoms with Crippen molar-refractivity contribution >= 4 is 16.7 Å². The van der Waals surface area contributed by atoms with E-state index in [9.17, 15) is 4.79 Å². The third-order valence-corrected chi connectivity index (χ3v) is 5.35. The highest BCUT2D eigenvalue weighted by molar-refractivity contribution is 6.00. The average molecular weight is 375 g/mol. The molecule has 2 heterocycles. The van der Waals surface area contributed by atoms with Gasteiger partial charge in [0.05, 0.1) is 16.8 Å². The summed E-state index contributed by atoms with van der Waals surface area (Å²) in [4.78, 5) is 22.3. The van der Waals surface area contributed by atoms with E-state index in [1.165, 1.54) is 0 Å². The molecule has 28 heavy (non-hydrogen) atoms. The SMILES string of the molecule is Cc1cccc2c(C(C)(C)CC(=O)c3cccc4c3OCCNC4)ncnc12. The first-order chi connectivity index (χ1) is 13.5. The Kier molecular flexibility index (Phi) is 4.85. The summed E-state index contributed by atoms with van der Waals surface area (Å²) in [5, 5.41) is 4.32. The van der Waals surface area contributed by atoms with Crippen LogP contribution in [-0.4, -0.2) is 28.9 Å². The molecule has 144 valence electrons. The normalized spacial score (nSPS) is 14.2. The highest BCUT2D eigenvalue weighted by Gasteiger charge is 2.30. The fraction of sp³-hybridized carbons (Fsp3) is 0.348. The summed E-state index contributed by atoms with van der Waals surface area (Å²) in [6, 6.07) is 11.9. The van der Waals surface area contributed by atoms with Gasteiger partial charge in [-0.1, -0.05) is 44.2 Å². The average Bonchev–Trinajstić information content (AvgIpc) is 2.93. The number of carbonyl (C=O) groups excluding carboxylic acids is 1. The lowest BCUT2D eigenvalue weighted by molar-refractivity contribution is 0.0953. The van der Waals surface area contributed by atoms with Gasteiger partial charge in [-0.15, -0.1) is 0 Å². The van der Waals surface area contributed by atoms with Crippen LogP contribution in [0.1, 0.15) is 47.4 Å². The van der Waals surface area contributed by atoms with Crippen LogP contribution in [0.4, 0.5) is 0 Å². The molecule has 0 saturated carbocycles. The number of ether oxygens (including phenoxy) is 1. The molecule has 0 fully saturated rings. The number of rotatable bonds is 4. The van der Waals surface area contributed by atoms with Crippen LogP contribution >= 0.6 is 0 Å². The van der Waals surface area contributed by atoms with E-state index in [0.29, 0.717) is 18.6 Å². The maximum atomic E-state index is 13.3. The second kappa shape index (κ2) is 7.32. The van der Waals surface area contributed by atoms with E-state index in [0.717, 1.165) is 46.6 Å². The standard InChI is InChI=1S/C23H25N3O2/c1-15-6-4-9-18-20(15)25-14-26-22(18)23(2,3)12-19(27)17-8-5-7-16-13-24-10-11-28-21(16)17/h4-9,14,24H,10-13H2,1-3H3. The summed E-state index contributed by atoms with van der Waals surface area (Å²) >= 11 is 0. The largest absolute Gasteiger partial charge is 0.491 e. The zero-order valence-electron chi connectivity index (χ0n) is 16.6. The number of ketones is 1. The lowest BCUT2D eigenvalue weighted by Crippen LogP contribution is -2.24. The van der Waals surface area contributed by atoms with Gasteiger partial charge >= 0.3 is 0 Å². The van der Waals surface area contributed by atoms with Crippen LogP contribution in [-0.2, 0) is 12.0 Å². The number of benzene rings is 2. The second-order valence-corrected chi connectivity index (χ2v) is 8.00. The van der Waals surface area contributed by atoms with Crippen molar-refractivity contribution in [2.45, 2.75) is 39.2 Å². The maximum absolute atomic E-state index is 13.3. The third kappa shape index (κ3) is 3.38. The fourth-order valence-corrected chi connectivity index (χ4v) is 3.92. The lowest BCUT2D eigenvalue weighted by Gasteiger charge is -2.25. The van der Waals surface area contributed by atoms with E-state index in [2.05, 4.69) is 29.1 Å². The van der Waals surface area contributed by atoms with Gasteiger partial charge in [0.25, 0.3) is 0 Å². The molecule has 4 rings (SSSR count). The predicted molar refractivity (Wildman–Crippen MR) is 110 cm³/mol. The Morgan fingerprint density at radius 1 is 1.18 bits per heavy atom. The summed E-state index contributed by atoms with van der Waals surface area (Å²) < 4.78 is 5.90. The highest BCUT2D eigenvalue weighted by Crippen LogP contribution is 2.34. The Hall–Kier alpha value is -2.79. The maximum Gasteiger partial charge on any atom is 0.167 e. The molecule has 0 bridgehead atoms. The number of para-hydroxylation sites is 2. The van der Waals surface area contributed by atoms with Crippen LogP contribution < -0.4 is 10.1 Å². The molecule has 2 aromatic carbocycles. The number of fused-ring (bicyclic) bond motifs is 2. The second-order valence-electron chi connectivity index (χ2n) is 8.00. The molecule has 5 heteroatoms. The predicted octanol–water partition coefficient (Wildman–Crippen LogP) is 3.97. The minimum Gasteiger partial charge on any atom is -0.491 e. The number of carbonyl (C=O) groups is 1. The molecule has 1 aliphatic heterocycles. The van der Waals surface area contributed by atoms with Gasteiger partial charge in [0.2, 0.25) is 0 Å². The summed E-state index contributed by atoms with van der Waals surface area (Å²) in [5.74, 6) is 0.792. The van der Waals surface area contributed by atoms with Gasteiger partial charge in [0.1, 0.15) is 18.7 Å².